The van der Waals surface area contributed by atoms with E-state index in [1.807, 2.05) is 6.92 Å². The van der Waals surface area contributed by atoms with Crippen molar-refractivity contribution >= 4 is 5.96 Å². The van der Waals surface area contributed by atoms with E-state index in [4.69, 9.17) is 10.6 Å². The zero-order valence-corrected chi connectivity index (χ0v) is 8.75. The summed E-state index contributed by atoms with van der Waals surface area (Å²) < 4.78 is 5.55. The maximum Gasteiger partial charge on any atom is 0.205 e. The Morgan fingerprint density at radius 1 is 1.57 bits per heavy atom. The van der Waals surface area contributed by atoms with Crippen LogP contribution in [-0.2, 0) is 4.74 Å². The van der Waals surface area contributed by atoms with Crippen LogP contribution in [0.1, 0.15) is 26.2 Å². The monoisotopic (exact) mass is 200 g/mol. The number of nitrogens with one attached hydrogen (secondary N) is 2. The first-order valence-corrected chi connectivity index (χ1v) is 5.23. The normalized spacial score (nSPS) is 23.3. The fourth-order valence-corrected chi connectivity index (χ4v) is 1.46. The number of nitrogens with two attached hydrogens (primary N) is 1. The van der Waals surface area contributed by atoms with Crippen LogP contribution >= 0.6 is 0 Å². The smallest absolute Gasteiger partial charge is 0.205 e. The summed E-state index contributed by atoms with van der Waals surface area (Å²) in [7, 11) is 0. The third kappa shape index (κ3) is 3.93. The molecule has 1 fully saturated rings. The predicted octanol–water partition coefficient (Wildman–Crippen LogP) is -0.0157. The van der Waals surface area contributed by atoms with Crippen LogP contribution in [-0.4, -0.2) is 31.8 Å². The first-order valence-electron chi connectivity index (χ1n) is 5.23. The van der Waals surface area contributed by atoms with Crippen molar-refractivity contribution in [2.24, 2.45) is 10.8 Å². The van der Waals surface area contributed by atoms with E-state index in [2.05, 4.69) is 15.7 Å². The lowest BCUT2D eigenvalue weighted by atomic mass is 10.1. The largest absolute Gasteiger partial charge is 0.376 e. The van der Waals surface area contributed by atoms with Crippen LogP contribution in [0.4, 0.5) is 0 Å². The minimum atomic E-state index is 0.269. The molecule has 0 aromatic heterocycles. The Labute approximate surface area is 85.1 Å². The Morgan fingerprint density at radius 3 is 3.00 bits per heavy atom. The highest BCUT2D eigenvalue weighted by molar-refractivity contribution is 5.79. The summed E-state index contributed by atoms with van der Waals surface area (Å²) in [6.45, 7) is 4.37. The fraction of sp³-hybridized carbons (Fsp3) is 0.889. The summed E-state index contributed by atoms with van der Waals surface area (Å²) in [5.41, 5.74) is 2.53. The van der Waals surface area contributed by atoms with Crippen LogP contribution in [0.2, 0.25) is 0 Å². The fourth-order valence-electron chi connectivity index (χ4n) is 1.46. The predicted molar refractivity (Wildman–Crippen MR) is 56.9 cm³/mol. The summed E-state index contributed by atoms with van der Waals surface area (Å²) in [6.07, 6.45) is 3.79. The molecule has 0 saturated carbocycles. The number of hydrogen-bond acceptors (Lipinski definition) is 3. The van der Waals surface area contributed by atoms with Crippen molar-refractivity contribution in [1.82, 2.24) is 10.7 Å². The molecule has 1 rings (SSSR count). The van der Waals surface area contributed by atoms with Gasteiger partial charge in [-0.3, -0.25) is 5.43 Å². The molecule has 0 spiro atoms. The molecule has 82 valence electrons. The minimum Gasteiger partial charge on any atom is -0.376 e. The van der Waals surface area contributed by atoms with Gasteiger partial charge in [-0.05, 0) is 26.2 Å². The number of aliphatic imine (C=N–C) groups is 1. The summed E-state index contributed by atoms with van der Waals surface area (Å²) >= 11 is 0. The molecule has 1 atom stereocenters. The van der Waals surface area contributed by atoms with Crippen LogP contribution in [0.25, 0.3) is 0 Å². The van der Waals surface area contributed by atoms with Crippen LogP contribution in [0.3, 0.4) is 0 Å². The van der Waals surface area contributed by atoms with Crippen molar-refractivity contribution < 1.29 is 4.74 Å². The van der Waals surface area contributed by atoms with E-state index in [1.165, 1.54) is 12.8 Å². The molecule has 0 radical (unpaired) electrons. The third-order valence-electron chi connectivity index (χ3n) is 2.21. The van der Waals surface area contributed by atoms with Gasteiger partial charge in [0.2, 0.25) is 5.96 Å². The second-order valence-corrected chi connectivity index (χ2v) is 3.35. The lowest BCUT2D eigenvalue weighted by Gasteiger charge is -2.21. The van der Waals surface area contributed by atoms with E-state index in [0.717, 1.165) is 19.6 Å². The van der Waals surface area contributed by atoms with Crippen molar-refractivity contribution in [3.63, 3.8) is 0 Å². The topological polar surface area (TPSA) is 71.7 Å². The molecule has 1 unspecified atom stereocenters. The molecule has 0 aromatic carbocycles. The van der Waals surface area contributed by atoms with Crippen molar-refractivity contribution in [2.75, 3.05) is 19.7 Å². The van der Waals surface area contributed by atoms with Gasteiger partial charge in [-0.25, -0.2) is 10.8 Å². The Balaban J connectivity index is 2.26. The summed E-state index contributed by atoms with van der Waals surface area (Å²) in [5.74, 6) is 5.93. The average Bonchev–Trinajstić information content (AvgIpc) is 2.25. The molecule has 5 nitrogen and oxygen atoms in total. The number of hydrogen-bond donors (Lipinski definition) is 3. The lowest BCUT2D eigenvalue weighted by Crippen LogP contribution is -2.42. The van der Waals surface area contributed by atoms with Crippen molar-refractivity contribution in [1.29, 1.82) is 0 Å². The lowest BCUT2D eigenvalue weighted by molar-refractivity contribution is 0.0224. The van der Waals surface area contributed by atoms with Crippen LogP contribution in [0, 0.1) is 0 Å². The van der Waals surface area contributed by atoms with Crippen molar-refractivity contribution in [3.05, 3.63) is 0 Å². The molecule has 14 heavy (non-hydrogen) atoms. The first-order chi connectivity index (χ1) is 6.86. The molecule has 0 aromatic rings. The molecular formula is C9H20N4O. The van der Waals surface area contributed by atoms with E-state index < -0.39 is 0 Å². The highest BCUT2D eigenvalue weighted by Gasteiger charge is 2.12. The molecule has 1 aliphatic heterocycles. The second-order valence-electron chi connectivity index (χ2n) is 3.35. The van der Waals surface area contributed by atoms with E-state index in [-0.39, 0.29) is 6.10 Å². The van der Waals surface area contributed by atoms with Gasteiger partial charge in [0, 0.05) is 13.2 Å². The average molecular weight is 200 g/mol. The summed E-state index contributed by atoms with van der Waals surface area (Å²) in [5, 5.41) is 3.03. The molecule has 1 aliphatic rings. The van der Waals surface area contributed by atoms with Crippen molar-refractivity contribution in [3.8, 4) is 0 Å². The SMILES string of the molecule is CCNC(=NCC1CCCCO1)NN. The highest BCUT2D eigenvalue weighted by Crippen LogP contribution is 2.12. The number of rotatable bonds is 3. The van der Waals surface area contributed by atoms with Gasteiger partial charge < -0.3 is 10.1 Å². The van der Waals surface area contributed by atoms with E-state index in [0.29, 0.717) is 12.5 Å². The molecular weight excluding hydrogens is 180 g/mol. The Kier molecular flexibility index (Phi) is 5.32. The van der Waals surface area contributed by atoms with Crippen LogP contribution < -0.4 is 16.6 Å². The standard InChI is InChI=1S/C9H20N4O/c1-2-11-9(13-10)12-7-8-5-3-4-6-14-8/h8H,2-7,10H2,1H3,(H2,11,12,13). The molecule has 5 heteroatoms. The van der Waals surface area contributed by atoms with Crippen LogP contribution in [0.15, 0.2) is 4.99 Å². The number of guanidine groups is 1. The summed E-state index contributed by atoms with van der Waals surface area (Å²) in [6, 6.07) is 0. The first kappa shape index (κ1) is 11.3. The Morgan fingerprint density at radius 2 is 2.43 bits per heavy atom. The van der Waals surface area contributed by atoms with E-state index in [9.17, 15) is 0 Å². The van der Waals surface area contributed by atoms with Gasteiger partial charge in [0.05, 0.1) is 12.6 Å². The van der Waals surface area contributed by atoms with Gasteiger partial charge in [0.1, 0.15) is 0 Å². The molecule has 4 N–H and O–H groups in total. The molecule has 0 amide bonds. The zero-order valence-electron chi connectivity index (χ0n) is 8.75. The minimum absolute atomic E-state index is 0.269. The summed E-state index contributed by atoms with van der Waals surface area (Å²) in [4.78, 5) is 4.30. The van der Waals surface area contributed by atoms with Crippen LogP contribution in [0.5, 0.6) is 0 Å². The Hall–Kier alpha value is -0.810. The van der Waals surface area contributed by atoms with E-state index >= 15 is 0 Å². The third-order valence-corrected chi connectivity index (χ3v) is 2.21. The van der Waals surface area contributed by atoms with Crippen molar-refractivity contribution in [2.45, 2.75) is 32.3 Å². The number of nitrogens with zero attached hydrogens (tertiary/aromatic N) is 1. The number of hydrazine groups is 1. The van der Waals surface area contributed by atoms with Gasteiger partial charge in [0.15, 0.2) is 0 Å². The van der Waals surface area contributed by atoms with Gasteiger partial charge in [-0.2, -0.15) is 0 Å². The second kappa shape index (κ2) is 6.62. The zero-order chi connectivity index (χ0) is 10.2. The Bertz CT molecular complexity index is 178. The van der Waals surface area contributed by atoms with Gasteiger partial charge in [-0.15, -0.1) is 0 Å². The molecule has 0 aliphatic carbocycles. The van der Waals surface area contributed by atoms with Gasteiger partial charge in [-0.1, -0.05) is 0 Å². The van der Waals surface area contributed by atoms with E-state index in [1.54, 1.807) is 0 Å². The molecule has 1 heterocycles. The van der Waals surface area contributed by atoms with Gasteiger partial charge in [0.25, 0.3) is 0 Å². The maximum absolute atomic E-state index is 5.55. The highest BCUT2D eigenvalue weighted by atomic mass is 16.5. The molecule has 0 bridgehead atoms. The maximum atomic E-state index is 5.55. The quantitative estimate of drug-likeness (QED) is 0.259. The number of ether oxygens (including phenoxy) is 1. The van der Waals surface area contributed by atoms with Gasteiger partial charge >= 0.3 is 0 Å². The molecule has 1 saturated heterocycles.